The van der Waals surface area contributed by atoms with E-state index in [4.69, 9.17) is 18.0 Å². The number of piperidine rings is 1. The molecule has 0 spiro atoms. The average Bonchev–Trinajstić information content (AvgIpc) is 2.16. The molecule has 0 aromatic carbocycles. The number of rotatable bonds is 4. The normalized spacial score (nSPS) is 20.4. The van der Waals surface area contributed by atoms with Crippen molar-refractivity contribution in [2.24, 2.45) is 11.7 Å². The van der Waals surface area contributed by atoms with Crippen LogP contribution in [0.1, 0.15) is 33.6 Å². The van der Waals surface area contributed by atoms with Gasteiger partial charge in [-0.05, 0) is 32.6 Å². The Bertz CT molecular complexity index is 384. The fourth-order valence-electron chi connectivity index (χ4n) is 1.66. The highest BCUT2D eigenvalue weighted by Gasteiger charge is 2.33. The summed E-state index contributed by atoms with van der Waals surface area (Å²) >= 11 is 4.85. The van der Waals surface area contributed by atoms with E-state index in [-0.39, 0.29) is 4.99 Å². The second-order valence-corrected chi connectivity index (χ2v) is 7.29. The molecule has 0 radical (unpaired) electrons. The lowest BCUT2D eigenvalue weighted by molar-refractivity contribution is 0.283. The van der Waals surface area contributed by atoms with E-state index in [0.29, 0.717) is 19.0 Å². The van der Waals surface area contributed by atoms with E-state index in [9.17, 15) is 8.42 Å². The maximum absolute atomic E-state index is 12.1. The van der Waals surface area contributed by atoms with Gasteiger partial charge < -0.3 is 5.73 Å². The van der Waals surface area contributed by atoms with Crippen molar-refractivity contribution in [3.05, 3.63) is 0 Å². The van der Waals surface area contributed by atoms with Crippen molar-refractivity contribution in [1.82, 2.24) is 9.03 Å². The first-order chi connectivity index (χ1) is 7.65. The van der Waals surface area contributed by atoms with E-state index >= 15 is 0 Å². The largest absolute Gasteiger partial charge is 0.392 e. The number of nitrogens with two attached hydrogens (primary N) is 1. The van der Waals surface area contributed by atoms with Crippen molar-refractivity contribution < 1.29 is 8.42 Å². The van der Waals surface area contributed by atoms with Crippen LogP contribution in [0, 0.1) is 5.92 Å². The minimum atomic E-state index is -3.49. The molecule has 1 fully saturated rings. The topological polar surface area (TPSA) is 75.4 Å². The second kappa shape index (κ2) is 5.17. The predicted molar refractivity (Wildman–Crippen MR) is 72.9 cm³/mol. The summed E-state index contributed by atoms with van der Waals surface area (Å²) in [4.78, 5) is 0.145. The van der Waals surface area contributed by atoms with E-state index in [2.05, 4.69) is 11.6 Å². The summed E-state index contributed by atoms with van der Waals surface area (Å²) < 4.78 is 28.2. The van der Waals surface area contributed by atoms with Crippen LogP contribution in [0.4, 0.5) is 0 Å². The molecule has 0 amide bonds. The zero-order chi connectivity index (χ0) is 13.3. The number of thiocarbonyl (C=S) groups is 1. The van der Waals surface area contributed by atoms with Crippen LogP contribution in [0.25, 0.3) is 0 Å². The summed E-state index contributed by atoms with van der Waals surface area (Å²) in [5.74, 6) is 0.588. The van der Waals surface area contributed by atoms with Crippen molar-refractivity contribution in [2.75, 3.05) is 13.1 Å². The Morgan fingerprint density at radius 1 is 1.41 bits per heavy atom. The van der Waals surface area contributed by atoms with Gasteiger partial charge in [-0.1, -0.05) is 19.1 Å². The van der Waals surface area contributed by atoms with Crippen LogP contribution in [-0.2, 0) is 10.2 Å². The molecule has 0 aromatic rings. The molecule has 17 heavy (non-hydrogen) atoms. The maximum Gasteiger partial charge on any atom is 0.280 e. The molecule has 7 heteroatoms. The molecule has 0 saturated carbocycles. The maximum atomic E-state index is 12.1. The molecule has 3 N–H and O–H groups in total. The Morgan fingerprint density at radius 2 is 1.88 bits per heavy atom. The summed E-state index contributed by atoms with van der Waals surface area (Å²) in [5.41, 5.74) is 4.62. The minimum absolute atomic E-state index is 0.145. The third-order valence-electron chi connectivity index (χ3n) is 3.08. The highest BCUT2D eigenvalue weighted by Crippen LogP contribution is 2.19. The van der Waals surface area contributed by atoms with Crippen LogP contribution in [0.5, 0.6) is 0 Å². The monoisotopic (exact) mass is 279 g/mol. The fourth-order valence-corrected chi connectivity index (χ4v) is 3.35. The van der Waals surface area contributed by atoms with E-state index < -0.39 is 15.7 Å². The van der Waals surface area contributed by atoms with Crippen LogP contribution >= 0.6 is 12.2 Å². The van der Waals surface area contributed by atoms with Crippen LogP contribution in [0.2, 0.25) is 0 Å². The molecule has 1 aliphatic heterocycles. The summed E-state index contributed by atoms with van der Waals surface area (Å²) in [5, 5.41) is 0. The first-order valence-corrected chi connectivity index (χ1v) is 7.59. The smallest absolute Gasteiger partial charge is 0.280 e. The molecule has 0 aromatic heterocycles. The van der Waals surface area contributed by atoms with Gasteiger partial charge in [0.25, 0.3) is 10.2 Å². The molecule has 1 saturated heterocycles. The van der Waals surface area contributed by atoms with Crippen molar-refractivity contribution in [3.63, 3.8) is 0 Å². The van der Waals surface area contributed by atoms with E-state index in [1.54, 1.807) is 13.8 Å². The van der Waals surface area contributed by atoms with E-state index in [1.165, 1.54) is 4.31 Å². The van der Waals surface area contributed by atoms with E-state index in [0.717, 1.165) is 12.8 Å². The predicted octanol–water partition coefficient (Wildman–Crippen LogP) is 0.617. The lowest BCUT2D eigenvalue weighted by atomic mass is 10.0. The molecule has 0 bridgehead atoms. The molecule has 100 valence electrons. The van der Waals surface area contributed by atoms with E-state index in [1.807, 2.05) is 0 Å². The van der Waals surface area contributed by atoms with Gasteiger partial charge in [-0.3, -0.25) is 0 Å². The van der Waals surface area contributed by atoms with Gasteiger partial charge >= 0.3 is 0 Å². The lowest BCUT2D eigenvalue weighted by Crippen LogP contribution is -2.57. The zero-order valence-corrected chi connectivity index (χ0v) is 12.2. The summed E-state index contributed by atoms with van der Waals surface area (Å²) in [6.45, 7) is 6.59. The molecule has 1 aliphatic rings. The molecular weight excluding hydrogens is 258 g/mol. The number of hydrogen-bond donors (Lipinski definition) is 2. The van der Waals surface area contributed by atoms with Gasteiger partial charge in [0.15, 0.2) is 0 Å². The SMILES string of the molecule is CC1CCN(S(=O)(=O)NC(C)(C)C(N)=S)CC1. The van der Waals surface area contributed by atoms with Crippen LogP contribution in [-0.4, -0.2) is 36.3 Å². The van der Waals surface area contributed by atoms with Crippen LogP contribution < -0.4 is 10.5 Å². The van der Waals surface area contributed by atoms with Gasteiger partial charge in [0.05, 0.1) is 10.5 Å². The third kappa shape index (κ3) is 3.87. The molecule has 0 unspecified atom stereocenters. The fraction of sp³-hybridized carbons (Fsp3) is 0.900. The second-order valence-electron chi connectivity index (χ2n) is 5.18. The van der Waals surface area contributed by atoms with Gasteiger partial charge in [0, 0.05) is 13.1 Å². The van der Waals surface area contributed by atoms with Crippen molar-refractivity contribution >= 4 is 27.4 Å². The highest BCUT2D eigenvalue weighted by atomic mass is 32.2. The van der Waals surface area contributed by atoms with Gasteiger partial charge in [0.2, 0.25) is 0 Å². The molecule has 0 aliphatic carbocycles. The Balaban J connectivity index is 2.73. The summed E-state index contributed by atoms with van der Waals surface area (Å²) in [7, 11) is -3.49. The van der Waals surface area contributed by atoms with Gasteiger partial charge in [-0.25, -0.2) is 0 Å². The Morgan fingerprint density at radius 3 is 2.29 bits per heavy atom. The minimum Gasteiger partial charge on any atom is -0.392 e. The van der Waals surface area contributed by atoms with Crippen LogP contribution in [0.15, 0.2) is 0 Å². The molecule has 1 rings (SSSR count). The molecular formula is C10H21N3O2S2. The highest BCUT2D eigenvalue weighted by molar-refractivity contribution is 7.87. The Labute approximate surface area is 109 Å². The van der Waals surface area contributed by atoms with Gasteiger partial charge in [-0.2, -0.15) is 17.4 Å². The first kappa shape index (κ1) is 14.8. The molecule has 5 nitrogen and oxygen atoms in total. The molecule has 0 atom stereocenters. The number of nitrogens with zero attached hydrogens (tertiary/aromatic N) is 1. The van der Waals surface area contributed by atoms with Gasteiger partial charge in [-0.15, -0.1) is 0 Å². The summed E-state index contributed by atoms with van der Waals surface area (Å²) in [6, 6.07) is 0. The first-order valence-electron chi connectivity index (χ1n) is 5.74. The number of nitrogens with one attached hydrogen (secondary N) is 1. The number of hydrogen-bond acceptors (Lipinski definition) is 3. The summed E-state index contributed by atoms with van der Waals surface area (Å²) in [6.07, 6.45) is 1.79. The standard InChI is InChI=1S/C10H21N3O2S2/c1-8-4-6-13(7-5-8)17(14,15)12-10(2,3)9(11)16/h8,12H,4-7H2,1-3H3,(H2,11,16). The lowest BCUT2D eigenvalue weighted by Gasteiger charge is -2.33. The van der Waals surface area contributed by atoms with Gasteiger partial charge in [0.1, 0.15) is 0 Å². The van der Waals surface area contributed by atoms with Crippen molar-refractivity contribution in [1.29, 1.82) is 0 Å². The molecule has 1 heterocycles. The van der Waals surface area contributed by atoms with Crippen molar-refractivity contribution in [3.8, 4) is 0 Å². The van der Waals surface area contributed by atoms with Crippen LogP contribution in [0.3, 0.4) is 0 Å². The Kier molecular flexibility index (Phi) is 4.51. The Hall–Kier alpha value is -0.240. The average molecular weight is 279 g/mol. The quantitative estimate of drug-likeness (QED) is 0.740. The third-order valence-corrected chi connectivity index (χ3v) is 5.41. The van der Waals surface area contributed by atoms with Crippen molar-refractivity contribution in [2.45, 2.75) is 39.2 Å². The zero-order valence-electron chi connectivity index (χ0n) is 10.6.